The number of rotatable bonds is 4. The van der Waals surface area contributed by atoms with Crippen molar-refractivity contribution in [2.24, 2.45) is 5.16 Å². The van der Waals surface area contributed by atoms with Gasteiger partial charge in [-0.1, -0.05) is 47.6 Å². The summed E-state index contributed by atoms with van der Waals surface area (Å²) in [6.45, 7) is 0. The van der Waals surface area contributed by atoms with E-state index in [2.05, 4.69) is 11.2 Å². The van der Waals surface area contributed by atoms with Crippen LogP contribution >= 0.6 is 0 Å². The summed E-state index contributed by atoms with van der Waals surface area (Å²) >= 11 is 0. The molecule has 5 heteroatoms. The lowest BCUT2D eigenvalue weighted by Gasteiger charge is -2.21. The summed E-state index contributed by atoms with van der Waals surface area (Å²) in [5, 5.41) is 22.6. The van der Waals surface area contributed by atoms with Gasteiger partial charge in [-0.15, -0.1) is 0 Å². The van der Waals surface area contributed by atoms with Crippen LogP contribution in [0, 0.1) is 11.3 Å². The van der Waals surface area contributed by atoms with Crippen LogP contribution < -0.4 is 0 Å². The number of carbonyl (C=O) groups is 1. The predicted molar refractivity (Wildman–Crippen MR) is 83.9 cm³/mol. The largest absolute Gasteiger partial charge is 0.478 e. The van der Waals surface area contributed by atoms with E-state index in [0.29, 0.717) is 16.8 Å². The molecular formula is C18H14N2O3. The summed E-state index contributed by atoms with van der Waals surface area (Å²) in [7, 11) is 0. The van der Waals surface area contributed by atoms with Gasteiger partial charge in [0, 0.05) is 18.4 Å². The highest BCUT2D eigenvalue weighted by atomic mass is 16.7. The van der Waals surface area contributed by atoms with Crippen LogP contribution in [-0.4, -0.2) is 22.4 Å². The van der Waals surface area contributed by atoms with Crippen molar-refractivity contribution in [3.8, 4) is 6.07 Å². The van der Waals surface area contributed by atoms with E-state index in [1.54, 1.807) is 24.3 Å². The first-order valence-corrected chi connectivity index (χ1v) is 7.16. The van der Waals surface area contributed by atoms with Gasteiger partial charge in [-0.3, -0.25) is 0 Å². The van der Waals surface area contributed by atoms with Gasteiger partial charge in [-0.2, -0.15) is 5.26 Å². The van der Waals surface area contributed by atoms with Crippen molar-refractivity contribution in [1.82, 2.24) is 0 Å². The molecule has 1 N–H and O–H groups in total. The van der Waals surface area contributed by atoms with E-state index < -0.39 is 11.6 Å². The Morgan fingerprint density at radius 3 is 2.74 bits per heavy atom. The van der Waals surface area contributed by atoms with E-state index in [1.165, 1.54) is 0 Å². The molecule has 1 aliphatic rings. The quantitative estimate of drug-likeness (QED) is 0.941. The highest BCUT2D eigenvalue weighted by Crippen LogP contribution is 2.31. The first kappa shape index (κ1) is 14.8. The van der Waals surface area contributed by atoms with Gasteiger partial charge in [-0.05, 0) is 17.7 Å². The minimum absolute atomic E-state index is 0.159. The van der Waals surface area contributed by atoms with Crippen molar-refractivity contribution in [3.05, 3.63) is 71.3 Å². The third kappa shape index (κ3) is 2.92. The normalized spacial score (nSPS) is 19.5. The van der Waals surface area contributed by atoms with Gasteiger partial charge in [0.1, 0.15) is 0 Å². The van der Waals surface area contributed by atoms with Crippen LogP contribution in [0.4, 0.5) is 0 Å². The Morgan fingerprint density at radius 1 is 1.26 bits per heavy atom. The zero-order chi connectivity index (χ0) is 16.3. The summed E-state index contributed by atoms with van der Waals surface area (Å²) < 4.78 is 0. The van der Waals surface area contributed by atoms with Crippen molar-refractivity contribution in [2.45, 2.75) is 18.4 Å². The Hall–Kier alpha value is -3.13. The molecule has 5 nitrogen and oxygen atoms in total. The SMILES string of the molecule is N#Cc1cccc(C2=NOC(Cc3ccccc3)(C(=O)O)C2)c1. The number of carboxylic acid groups (broad SMARTS) is 1. The highest BCUT2D eigenvalue weighted by molar-refractivity contribution is 6.04. The molecule has 0 fully saturated rings. The van der Waals surface area contributed by atoms with Crippen molar-refractivity contribution in [3.63, 3.8) is 0 Å². The van der Waals surface area contributed by atoms with Crippen molar-refractivity contribution >= 4 is 11.7 Å². The summed E-state index contributed by atoms with van der Waals surface area (Å²) in [4.78, 5) is 17.1. The second-order valence-electron chi connectivity index (χ2n) is 5.46. The van der Waals surface area contributed by atoms with Gasteiger partial charge in [0.25, 0.3) is 0 Å². The average Bonchev–Trinajstić information content (AvgIpc) is 3.01. The fourth-order valence-corrected chi connectivity index (χ4v) is 2.61. The number of nitriles is 1. The Balaban J connectivity index is 1.86. The molecule has 0 amide bonds. The third-order valence-corrected chi connectivity index (χ3v) is 3.83. The van der Waals surface area contributed by atoms with Gasteiger partial charge in [0.15, 0.2) is 0 Å². The maximum absolute atomic E-state index is 11.8. The maximum Gasteiger partial charge on any atom is 0.351 e. The molecule has 0 bridgehead atoms. The standard InChI is InChI=1S/C18H14N2O3/c19-12-14-7-4-8-15(9-14)16-11-18(17(21)22,23-20-16)10-13-5-2-1-3-6-13/h1-9H,10-11H2,(H,21,22). The van der Waals surface area contributed by atoms with E-state index in [4.69, 9.17) is 10.1 Å². The molecule has 1 heterocycles. The molecule has 2 aromatic rings. The summed E-state index contributed by atoms with van der Waals surface area (Å²) in [5.41, 5.74) is 1.22. The summed E-state index contributed by atoms with van der Waals surface area (Å²) in [5.74, 6) is -1.04. The summed E-state index contributed by atoms with van der Waals surface area (Å²) in [6.07, 6.45) is 0.389. The number of benzene rings is 2. The second kappa shape index (κ2) is 5.93. The number of oxime groups is 1. The van der Waals surface area contributed by atoms with Crippen LogP contribution in [0.3, 0.4) is 0 Å². The van der Waals surface area contributed by atoms with Crippen molar-refractivity contribution < 1.29 is 14.7 Å². The number of aliphatic carboxylic acids is 1. The van der Waals surface area contributed by atoms with Gasteiger partial charge < -0.3 is 9.94 Å². The van der Waals surface area contributed by atoms with Gasteiger partial charge in [-0.25, -0.2) is 4.79 Å². The molecule has 0 aliphatic carbocycles. The zero-order valence-electron chi connectivity index (χ0n) is 12.3. The first-order valence-electron chi connectivity index (χ1n) is 7.16. The molecule has 0 saturated heterocycles. The van der Waals surface area contributed by atoms with E-state index in [-0.39, 0.29) is 12.8 Å². The first-order chi connectivity index (χ1) is 11.1. The number of hydrogen-bond donors (Lipinski definition) is 1. The predicted octanol–water partition coefficient (Wildman–Crippen LogP) is 2.75. The number of nitrogens with zero attached hydrogens (tertiary/aromatic N) is 2. The van der Waals surface area contributed by atoms with Crippen LogP contribution in [-0.2, 0) is 16.1 Å². The molecule has 3 rings (SSSR count). The van der Waals surface area contributed by atoms with Gasteiger partial charge in [0.2, 0.25) is 5.60 Å². The highest BCUT2D eigenvalue weighted by Gasteiger charge is 2.47. The Bertz CT molecular complexity index is 809. The number of carboxylic acids is 1. The molecule has 2 aromatic carbocycles. The molecule has 1 aliphatic heterocycles. The molecule has 23 heavy (non-hydrogen) atoms. The fourth-order valence-electron chi connectivity index (χ4n) is 2.61. The summed E-state index contributed by atoms with van der Waals surface area (Å²) in [6, 6.07) is 18.3. The van der Waals surface area contributed by atoms with Crippen molar-refractivity contribution in [2.75, 3.05) is 0 Å². The average molecular weight is 306 g/mol. The van der Waals surface area contributed by atoms with Gasteiger partial charge in [0.05, 0.1) is 17.3 Å². The Morgan fingerprint density at radius 2 is 2.04 bits per heavy atom. The number of hydrogen-bond acceptors (Lipinski definition) is 4. The van der Waals surface area contributed by atoms with Crippen LogP contribution in [0.15, 0.2) is 59.8 Å². The Kier molecular flexibility index (Phi) is 3.82. The molecular weight excluding hydrogens is 292 g/mol. The second-order valence-corrected chi connectivity index (χ2v) is 5.46. The lowest BCUT2D eigenvalue weighted by molar-refractivity contribution is -0.162. The van der Waals surface area contributed by atoms with Crippen LogP contribution in [0.1, 0.15) is 23.1 Å². The van der Waals surface area contributed by atoms with E-state index in [9.17, 15) is 9.90 Å². The van der Waals surface area contributed by atoms with Crippen molar-refractivity contribution in [1.29, 1.82) is 5.26 Å². The monoisotopic (exact) mass is 306 g/mol. The molecule has 1 atom stereocenters. The molecule has 0 radical (unpaired) electrons. The third-order valence-electron chi connectivity index (χ3n) is 3.83. The maximum atomic E-state index is 11.8. The smallest absolute Gasteiger partial charge is 0.351 e. The molecule has 1 unspecified atom stereocenters. The van der Waals surface area contributed by atoms with Crippen LogP contribution in [0.25, 0.3) is 0 Å². The molecule has 0 saturated carbocycles. The molecule has 0 spiro atoms. The minimum atomic E-state index is -1.40. The van der Waals surface area contributed by atoms with E-state index in [0.717, 1.165) is 5.56 Å². The zero-order valence-corrected chi connectivity index (χ0v) is 12.3. The topological polar surface area (TPSA) is 82.7 Å². The van der Waals surface area contributed by atoms with Crippen LogP contribution in [0.2, 0.25) is 0 Å². The van der Waals surface area contributed by atoms with E-state index in [1.807, 2.05) is 30.3 Å². The molecule has 0 aromatic heterocycles. The Labute approximate surface area is 133 Å². The van der Waals surface area contributed by atoms with Gasteiger partial charge >= 0.3 is 5.97 Å². The van der Waals surface area contributed by atoms with E-state index >= 15 is 0 Å². The van der Waals surface area contributed by atoms with Crippen LogP contribution in [0.5, 0.6) is 0 Å². The molecule has 114 valence electrons. The fraction of sp³-hybridized carbons (Fsp3) is 0.167. The minimum Gasteiger partial charge on any atom is -0.478 e. The lowest BCUT2D eigenvalue weighted by Crippen LogP contribution is -2.41. The lowest BCUT2D eigenvalue weighted by atomic mass is 9.88.